The molecule has 4 aliphatic carbocycles. The van der Waals surface area contributed by atoms with Crippen molar-refractivity contribution in [3.8, 4) is 0 Å². The van der Waals surface area contributed by atoms with Crippen LogP contribution in [0.1, 0.15) is 22.3 Å². The van der Waals surface area contributed by atoms with Gasteiger partial charge in [0.15, 0.2) is 5.78 Å². The van der Waals surface area contributed by atoms with Crippen molar-refractivity contribution in [3.63, 3.8) is 0 Å². The molecule has 2 heteroatoms. The number of carbonyl (C=O) groups excluding carboxylic acids is 1. The van der Waals surface area contributed by atoms with Crippen molar-refractivity contribution in [2.24, 2.45) is 5.41 Å². The summed E-state index contributed by atoms with van der Waals surface area (Å²) in [7, 11) is 0. The van der Waals surface area contributed by atoms with Crippen LogP contribution in [0.25, 0.3) is 23.3 Å². The second-order valence-corrected chi connectivity index (χ2v) is 8.32. The van der Waals surface area contributed by atoms with Crippen LogP contribution in [0.2, 0.25) is 0 Å². The van der Waals surface area contributed by atoms with Crippen molar-refractivity contribution in [2.75, 3.05) is 5.33 Å². The lowest BCUT2D eigenvalue weighted by Gasteiger charge is -2.41. The van der Waals surface area contributed by atoms with Gasteiger partial charge in [-0.25, -0.2) is 0 Å². The standard InChI is InChI=1S/C27H17BrO/c28-16-26(29)23-12-11-22-20-9-4-2-7-18(20)15-25(22)27(23)13-5-10-21-19-8-3-1-6-17(19)14-24(21)27/h1-15H,16H2. The zero-order valence-electron chi connectivity index (χ0n) is 15.7. The molecule has 2 aromatic carbocycles. The van der Waals surface area contributed by atoms with E-state index in [1.54, 1.807) is 0 Å². The average Bonchev–Trinajstić information content (AvgIpc) is 3.34. The molecule has 0 N–H and O–H groups in total. The maximum atomic E-state index is 13.1. The molecule has 0 saturated carbocycles. The number of hydrogen-bond acceptors (Lipinski definition) is 1. The number of fused-ring (bicyclic) bond motifs is 8. The highest BCUT2D eigenvalue weighted by molar-refractivity contribution is 9.09. The first-order valence-corrected chi connectivity index (χ1v) is 10.9. The molecular formula is C27H17BrO. The molecule has 1 atom stereocenters. The number of benzene rings is 2. The van der Waals surface area contributed by atoms with Gasteiger partial charge in [0, 0.05) is 5.57 Å². The molecule has 0 amide bonds. The van der Waals surface area contributed by atoms with E-state index in [0.717, 1.165) is 5.57 Å². The van der Waals surface area contributed by atoms with E-state index >= 15 is 0 Å². The van der Waals surface area contributed by atoms with Crippen molar-refractivity contribution in [1.29, 1.82) is 0 Å². The minimum absolute atomic E-state index is 0.125. The Hall–Kier alpha value is -2.97. The molecular weight excluding hydrogens is 420 g/mol. The summed E-state index contributed by atoms with van der Waals surface area (Å²) in [6, 6.07) is 17.0. The summed E-state index contributed by atoms with van der Waals surface area (Å²) < 4.78 is 0. The van der Waals surface area contributed by atoms with Crippen molar-refractivity contribution in [2.45, 2.75) is 0 Å². The molecule has 1 spiro atoms. The van der Waals surface area contributed by atoms with E-state index in [9.17, 15) is 4.79 Å². The van der Waals surface area contributed by atoms with Gasteiger partial charge in [-0.1, -0.05) is 94.8 Å². The first-order valence-electron chi connectivity index (χ1n) is 9.79. The molecule has 1 nitrogen and oxygen atoms in total. The number of carbonyl (C=O) groups is 1. The molecule has 0 aliphatic heterocycles. The Bertz CT molecular complexity index is 1270. The highest BCUT2D eigenvalue weighted by atomic mass is 79.9. The summed E-state index contributed by atoms with van der Waals surface area (Å²) in [6.45, 7) is 0. The molecule has 29 heavy (non-hydrogen) atoms. The molecule has 0 aromatic heterocycles. The van der Waals surface area contributed by atoms with E-state index in [0.29, 0.717) is 5.33 Å². The minimum atomic E-state index is -0.558. The smallest absolute Gasteiger partial charge is 0.170 e. The van der Waals surface area contributed by atoms with Crippen LogP contribution in [0, 0.1) is 5.41 Å². The van der Waals surface area contributed by atoms with Crippen LogP contribution in [-0.2, 0) is 4.79 Å². The van der Waals surface area contributed by atoms with Gasteiger partial charge in [-0.15, -0.1) is 0 Å². The van der Waals surface area contributed by atoms with Gasteiger partial charge < -0.3 is 0 Å². The van der Waals surface area contributed by atoms with E-state index in [2.05, 4.69) is 101 Å². The normalized spacial score (nSPS) is 22.6. The summed E-state index contributed by atoms with van der Waals surface area (Å²) >= 11 is 3.41. The Labute approximate surface area is 178 Å². The van der Waals surface area contributed by atoms with Crippen LogP contribution < -0.4 is 0 Å². The van der Waals surface area contributed by atoms with Crippen LogP contribution in [0.15, 0.2) is 95.6 Å². The van der Waals surface area contributed by atoms with E-state index in [1.807, 2.05) is 6.08 Å². The summed E-state index contributed by atoms with van der Waals surface area (Å²) in [5.74, 6) is 0.125. The van der Waals surface area contributed by atoms with Gasteiger partial charge in [-0.3, -0.25) is 4.79 Å². The lowest BCUT2D eigenvalue weighted by Crippen LogP contribution is -2.33. The summed E-state index contributed by atoms with van der Waals surface area (Å²) in [5, 5.41) is 0.317. The quantitative estimate of drug-likeness (QED) is 0.497. The van der Waals surface area contributed by atoms with Crippen LogP contribution in [0.3, 0.4) is 0 Å². The topological polar surface area (TPSA) is 17.1 Å². The summed E-state index contributed by atoms with van der Waals surface area (Å²) in [5.41, 5.74) is 10.0. The van der Waals surface area contributed by atoms with Crippen LogP contribution in [0.5, 0.6) is 0 Å². The van der Waals surface area contributed by atoms with E-state index < -0.39 is 5.41 Å². The van der Waals surface area contributed by atoms with Gasteiger partial charge in [0.25, 0.3) is 0 Å². The van der Waals surface area contributed by atoms with Gasteiger partial charge in [-0.05, 0) is 56.7 Å². The van der Waals surface area contributed by atoms with Gasteiger partial charge in [0.2, 0.25) is 0 Å². The van der Waals surface area contributed by atoms with Crippen LogP contribution >= 0.6 is 15.9 Å². The number of alkyl halides is 1. The molecule has 0 heterocycles. The fraction of sp³-hybridized carbons (Fsp3) is 0.0741. The maximum Gasteiger partial charge on any atom is 0.170 e. The average molecular weight is 437 g/mol. The van der Waals surface area contributed by atoms with Crippen molar-refractivity contribution in [1.82, 2.24) is 0 Å². The van der Waals surface area contributed by atoms with E-state index in [4.69, 9.17) is 0 Å². The molecule has 4 aliphatic rings. The predicted octanol–water partition coefficient (Wildman–Crippen LogP) is 6.41. The maximum absolute atomic E-state index is 13.1. The molecule has 1 unspecified atom stereocenters. The number of rotatable bonds is 2. The third-order valence-corrected chi connectivity index (χ3v) is 6.91. The van der Waals surface area contributed by atoms with Crippen LogP contribution in [0.4, 0.5) is 0 Å². The third-order valence-electron chi connectivity index (χ3n) is 6.40. The molecule has 0 saturated heterocycles. The SMILES string of the molecule is O=C(CBr)C1=CC=C2C(=Cc3ccccc32)C12C=CC=C1C2=Cc2ccccc21. The molecule has 6 rings (SSSR count). The zero-order chi connectivity index (χ0) is 19.6. The van der Waals surface area contributed by atoms with Gasteiger partial charge >= 0.3 is 0 Å². The highest BCUT2D eigenvalue weighted by Crippen LogP contribution is 2.61. The van der Waals surface area contributed by atoms with Gasteiger partial charge in [0.1, 0.15) is 0 Å². The number of ketones is 1. The van der Waals surface area contributed by atoms with Crippen molar-refractivity contribution >= 4 is 45.0 Å². The van der Waals surface area contributed by atoms with Crippen molar-refractivity contribution in [3.05, 3.63) is 118 Å². The molecule has 0 bridgehead atoms. The Balaban J connectivity index is 1.65. The van der Waals surface area contributed by atoms with Gasteiger partial charge in [-0.2, -0.15) is 0 Å². The first-order chi connectivity index (χ1) is 14.2. The minimum Gasteiger partial charge on any atom is -0.294 e. The number of hydrogen-bond donors (Lipinski definition) is 0. The van der Waals surface area contributed by atoms with E-state index in [1.165, 1.54) is 44.5 Å². The Morgan fingerprint density at radius 1 is 0.793 bits per heavy atom. The van der Waals surface area contributed by atoms with Crippen molar-refractivity contribution < 1.29 is 4.79 Å². The Morgan fingerprint density at radius 2 is 1.38 bits per heavy atom. The molecule has 138 valence electrons. The van der Waals surface area contributed by atoms with Crippen LogP contribution in [-0.4, -0.2) is 11.1 Å². The molecule has 0 radical (unpaired) electrons. The fourth-order valence-corrected chi connectivity index (χ4v) is 5.48. The largest absolute Gasteiger partial charge is 0.294 e. The highest BCUT2D eigenvalue weighted by Gasteiger charge is 2.49. The fourth-order valence-electron chi connectivity index (χ4n) is 5.18. The summed E-state index contributed by atoms with van der Waals surface area (Å²) in [4.78, 5) is 13.1. The second-order valence-electron chi connectivity index (χ2n) is 7.76. The number of Topliss-reactive ketones (excluding diaryl/α,β-unsaturated/α-hetero) is 1. The Kier molecular flexibility index (Phi) is 3.51. The van der Waals surface area contributed by atoms with E-state index in [-0.39, 0.29) is 5.78 Å². The molecule has 2 aromatic rings. The lowest BCUT2D eigenvalue weighted by atomic mass is 9.60. The number of allylic oxidation sites excluding steroid dienone is 10. The zero-order valence-corrected chi connectivity index (χ0v) is 17.2. The molecule has 0 fully saturated rings. The second kappa shape index (κ2) is 6.01. The number of halogens is 1. The summed E-state index contributed by atoms with van der Waals surface area (Å²) in [6.07, 6.45) is 15.2. The lowest BCUT2D eigenvalue weighted by molar-refractivity contribution is -0.113. The third kappa shape index (κ3) is 2.13. The predicted molar refractivity (Wildman–Crippen MR) is 123 cm³/mol. The monoisotopic (exact) mass is 436 g/mol. The van der Waals surface area contributed by atoms with Gasteiger partial charge in [0.05, 0.1) is 10.7 Å². The Morgan fingerprint density at radius 3 is 2.00 bits per heavy atom. The first kappa shape index (κ1) is 16.9.